The molecule has 0 aromatic heterocycles. The number of nitrogens with one attached hydrogen (secondary N) is 2. The van der Waals surface area contributed by atoms with Gasteiger partial charge in [0, 0.05) is 24.8 Å². The molecular weight excluding hydrogens is 286 g/mol. The van der Waals surface area contributed by atoms with Gasteiger partial charge >= 0.3 is 0 Å². The van der Waals surface area contributed by atoms with Crippen LogP contribution in [0, 0.1) is 0 Å². The molecule has 118 valence electrons. The summed E-state index contributed by atoms with van der Waals surface area (Å²) >= 11 is 0. The molecule has 1 heterocycles. The zero-order valence-corrected chi connectivity index (χ0v) is 13.6. The number of hydrogen-bond acceptors (Lipinski definition) is 4. The summed E-state index contributed by atoms with van der Waals surface area (Å²) in [5.41, 5.74) is 0.956. The Balaban J connectivity index is 1.86. The normalized spacial score (nSPS) is 16.5. The highest BCUT2D eigenvalue weighted by atomic mass is 32.2. The van der Waals surface area contributed by atoms with E-state index in [0.29, 0.717) is 4.90 Å². The zero-order chi connectivity index (χ0) is 15.3. The van der Waals surface area contributed by atoms with Crippen LogP contribution in [0.25, 0.3) is 0 Å². The SMILES string of the molecule is CC(C)NS(=O)(=O)c1ccc(NCCN2CCCC2)cc1. The molecule has 0 unspecified atom stereocenters. The van der Waals surface area contributed by atoms with Crippen molar-refractivity contribution < 1.29 is 8.42 Å². The van der Waals surface area contributed by atoms with Crippen LogP contribution in [-0.2, 0) is 10.0 Å². The fourth-order valence-corrected chi connectivity index (χ4v) is 3.75. The number of hydrogen-bond donors (Lipinski definition) is 2. The molecule has 1 aromatic rings. The zero-order valence-electron chi connectivity index (χ0n) is 12.8. The van der Waals surface area contributed by atoms with Crippen molar-refractivity contribution in [3.8, 4) is 0 Å². The lowest BCUT2D eigenvalue weighted by molar-refractivity contribution is 0.352. The second-order valence-corrected chi connectivity index (χ2v) is 7.49. The van der Waals surface area contributed by atoms with Gasteiger partial charge in [0.25, 0.3) is 0 Å². The molecule has 1 fully saturated rings. The van der Waals surface area contributed by atoms with Gasteiger partial charge in [-0.05, 0) is 64.0 Å². The van der Waals surface area contributed by atoms with E-state index in [1.807, 2.05) is 26.0 Å². The van der Waals surface area contributed by atoms with E-state index in [4.69, 9.17) is 0 Å². The van der Waals surface area contributed by atoms with E-state index in [-0.39, 0.29) is 6.04 Å². The molecule has 0 bridgehead atoms. The van der Waals surface area contributed by atoms with Crippen LogP contribution in [0.1, 0.15) is 26.7 Å². The Morgan fingerprint density at radius 1 is 1.14 bits per heavy atom. The van der Waals surface area contributed by atoms with Gasteiger partial charge < -0.3 is 10.2 Å². The highest BCUT2D eigenvalue weighted by Gasteiger charge is 2.15. The minimum atomic E-state index is -3.40. The van der Waals surface area contributed by atoms with Crippen LogP contribution in [0.15, 0.2) is 29.2 Å². The Morgan fingerprint density at radius 3 is 2.33 bits per heavy atom. The lowest BCUT2D eigenvalue weighted by Crippen LogP contribution is -2.30. The second kappa shape index (κ2) is 7.24. The minimum absolute atomic E-state index is 0.103. The monoisotopic (exact) mass is 311 g/mol. The Labute approximate surface area is 127 Å². The van der Waals surface area contributed by atoms with E-state index in [9.17, 15) is 8.42 Å². The van der Waals surface area contributed by atoms with Gasteiger partial charge in [0.05, 0.1) is 4.90 Å². The number of nitrogens with zero attached hydrogens (tertiary/aromatic N) is 1. The minimum Gasteiger partial charge on any atom is -0.384 e. The molecule has 21 heavy (non-hydrogen) atoms. The van der Waals surface area contributed by atoms with Crippen molar-refractivity contribution in [3.63, 3.8) is 0 Å². The molecule has 2 rings (SSSR count). The molecule has 0 spiro atoms. The molecule has 1 aromatic carbocycles. The fourth-order valence-electron chi connectivity index (χ4n) is 2.49. The van der Waals surface area contributed by atoms with Crippen LogP contribution in [0.4, 0.5) is 5.69 Å². The summed E-state index contributed by atoms with van der Waals surface area (Å²) in [6.07, 6.45) is 2.60. The van der Waals surface area contributed by atoms with E-state index < -0.39 is 10.0 Å². The molecule has 0 amide bonds. The van der Waals surface area contributed by atoms with Gasteiger partial charge in [-0.3, -0.25) is 0 Å². The van der Waals surface area contributed by atoms with E-state index >= 15 is 0 Å². The molecule has 1 aliphatic rings. The first-order valence-corrected chi connectivity index (χ1v) is 9.04. The first-order chi connectivity index (χ1) is 9.97. The van der Waals surface area contributed by atoms with Crippen LogP contribution < -0.4 is 10.0 Å². The summed E-state index contributed by atoms with van der Waals surface area (Å²) in [6, 6.07) is 6.82. The Bertz CT molecular complexity index is 535. The van der Waals surface area contributed by atoms with Gasteiger partial charge in [0.15, 0.2) is 0 Å². The number of sulfonamides is 1. The summed E-state index contributed by atoms with van der Waals surface area (Å²) in [5, 5.41) is 3.33. The summed E-state index contributed by atoms with van der Waals surface area (Å²) in [4.78, 5) is 2.75. The van der Waals surface area contributed by atoms with Gasteiger partial charge in [-0.25, -0.2) is 13.1 Å². The topological polar surface area (TPSA) is 61.4 Å². The largest absolute Gasteiger partial charge is 0.384 e. The number of rotatable bonds is 7. The summed E-state index contributed by atoms with van der Waals surface area (Å²) in [5.74, 6) is 0. The molecule has 2 N–H and O–H groups in total. The smallest absolute Gasteiger partial charge is 0.240 e. The first kappa shape index (κ1) is 16.3. The van der Waals surface area contributed by atoms with E-state index in [1.54, 1.807) is 12.1 Å². The van der Waals surface area contributed by atoms with Crippen LogP contribution in [0.2, 0.25) is 0 Å². The number of benzene rings is 1. The molecular formula is C15H25N3O2S. The van der Waals surface area contributed by atoms with E-state index in [1.165, 1.54) is 25.9 Å². The Morgan fingerprint density at radius 2 is 1.76 bits per heavy atom. The number of anilines is 1. The molecule has 1 aliphatic heterocycles. The van der Waals surface area contributed by atoms with Gasteiger partial charge in [0.2, 0.25) is 10.0 Å². The van der Waals surface area contributed by atoms with Crippen molar-refractivity contribution in [3.05, 3.63) is 24.3 Å². The average molecular weight is 311 g/mol. The molecule has 0 radical (unpaired) electrons. The standard InChI is InChI=1S/C15H25N3O2S/c1-13(2)17-21(19,20)15-7-5-14(6-8-15)16-9-12-18-10-3-4-11-18/h5-8,13,16-17H,3-4,9-12H2,1-2H3. The second-order valence-electron chi connectivity index (χ2n) is 5.78. The summed E-state index contributed by atoms with van der Waals surface area (Å²) in [7, 11) is -3.40. The van der Waals surface area contributed by atoms with Crippen molar-refractivity contribution in [1.29, 1.82) is 0 Å². The van der Waals surface area contributed by atoms with E-state index in [2.05, 4.69) is 14.9 Å². The molecule has 0 aliphatic carbocycles. The molecule has 6 heteroatoms. The highest BCUT2D eigenvalue weighted by molar-refractivity contribution is 7.89. The lowest BCUT2D eigenvalue weighted by Gasteiger charge is -2.15. The molecule has 1 saturated heterocycles. The van der Waals surface area contributed by atoms with Gasteiger partial charge in [-0.1, -0.05) is 0 Å². The van der Waals surface area contributed by atoms with E-state index in [0.717, 1.165) is 18.8 Å². The molecule has 5 nitrogen and oxygen atoms in total. The summed E-state index contributed by atoms with van der Waals surface area (Å²) < 4.78 is 26.6. The maximum atomic E-state index is 12.0. The lowest BCUT2D eigenvalue weighted by atomic mass is 10.3. The average Bonchev–Trinajstić information content (AvgIpc) is 2.91. The fraction of sp³-hybridized carbons (Fsp3) is 0.600. The van der Waals surface area contributed by atoms with Crippen LogP contribution in [-0.4, -0.2) is 45.5 Å². The van der Waals surface area contributed by atoms with Crippen molar-refractivity contribution in [2.75, 3.05) is 31.5 Å². The van der Waals surface area contributed by atoms with Crippen LogP contribution in [0.3, 0.4) is 0 Å². The van der Waals surface area contributed by atoms with Crippen molar-refractivity contribution in [1.82, 2.24) is 9.62 Å². The first-order valence-electron chi connectivity index (χ1n) is 7.56. The molecule has 0 atom stereocenters. The third-order valence-electron chi connectivity index (χ3n) is 3.51. The third-order valence-corrected chi connectivity index (χ3v) is 5.19. The van der Waals surface area contributed by atoms with Crippen LogP contribution in [0.5, 0.6) is 0 Å². The van der Waals surface area contributed by atoms with Crippen molar-refractivity contribution in [2.24, 2.45) is 0 Å². The predicted octanol–water partition coefficient (Wildman–Crippen LogP) is 1.88. The van der Waals surface area contributed by atoms with Gasteiger partial charge in [-0.15, -0.1) is 0 Å². The van der Waals surface area contributed by atoms with Gasteiger partial charge in [-0.2, -0.15) is 0 Å². The Hall–Kier alpha value is -1.11. The van der Waals surface area contributed by atoms with Crippen molar-refractivity contribution in [2.45, 2.75) is 37.6 Å². The van der Waals surface area contributed by atoms with Gasteiger partial charge in [0.1, 0.15) is 0 Å². The quantitative estimate of drug-likeness (QED) is 0.807. The highest BCUT2D eigenvalue weighted by Crippen LogP contribution is 2.14. The molecule has 0 saturated carbocycles. The summed E-state index contributed by atoms with van der Waals surface area (Å²) in [6.45, 7) is 7.93. The third kappa shape index (κ3) is 4.98. The maximum Gasteiger partial charge on any atom is 0.240 e. The Kier molecular flexibility index (Phi) is 5.61. The van der Waals surface area contributed by atoms with Crippen LogP contribution >= 0.6 is 0 Å². The maximum absolute atomic E-state index is 12.0. The number of likely N-dealkylation sites (tertiary alicyclic amines) is 1. The predicted molar refractivity (Wildman–Crippen MR) is 86.1 cm³/mol. The van der Waals surface area contributed by atoms with Crippen molar-refractivity contribution >= 4 is 15.7 Å².